The lowest BCUT2D eigenvalue weighted by atomic mass is 9.86. The number of amides is 1. The molecule has 1 atom stereocenters. The van der Waals surface area contributed by atoms with E-state index in [2.05, 4.69) is 15.3 Å². The second kappa shape index (κ2) is 10.3. The highest BCUT2D eigenvalue weighted by Crippen LogP contribution is 2.38. The zero-order valence-electron chi connectivity index (χ0n) is 18.3. The molecule has 2 N–H and O–H groups in total. The summed E-state index contributed by atoms with van der Waals surface area (Å²) in [5.74, 6) is 1.37. The fourth-order valence-electron chi connectivity index (χ4n) is 3.70. The Morgan fingerprint density at radius 3 is 2.76 bits per heavy atom. The summed E-state index contributed by atoms with van der Waals surface area (Å²) < 4.78 is 11.2. The van der Waals surface area contributed by atoms with Crippen molar-refractivity contribution in [3.63, 3.8) is 0 Å². The van der Waals surface area contributed by atoms with Crippen molar-refractivity contribution in [3.05, 3.63) is 74.5 Å². The van der Waals surface area contributed by atoms with Crippen molar-refractivity contribution in [3.8, 4) is 11.5 Å². The van der Waals surface area contributed by atoms with Crippen LogP contribution in [0.3, 0.4) is 0 Å². The first-order chi connectivity index (χ1) is 16.0. The van der Waals surface area contributed by atoms with Gasteiger partial charge in [-0.25, -0.2) is 4.98 Å². The van der Waals surface area contributed by atoms with Gasteiger partial charge < -0.3 is 19.8 Å². The normalized spacial score (nSPS) is 15.0. The number of aromatic nitrogens is 2. The van der Waals surface area contributed by atoms with Gasteiger partial charge in [0, 0.05) is 23.1 Å². The quantitative estimate of drug-likeness (QED) is 0.345. The van der Waals surface area contributed by atoms with Crippen LogP contribution in [-0.4, -0.2) is 29.6 Å². The molecule has 0 radical (unpaired) electrons. The van der Waals surface area contributed by atoms with Gasteiger partial charge in [-0.1, -0.05) is 54.6 Å². The van der Waals surface area contributed by atoms with E-state index in [4.69, 9.17) is 21.1 Å². The van der Waals surface area contributed by atoms with Gasteiger partial charge in [0.2, 0.25) is 5.91 Å². The monoisotopic (exact) mass is 485 g/mol. The van der Waals surface area contributed by atoms with Gasteiger partial charge in [-0.2, -0.15) is 0 Å². The zero-order valence-corrected chi connectivity index (χ0v) is 19.9. The molecule has 172 valence electrons. The smallest absolute Gasteiger partial charge is 0.257 e. The molecule has 3 aromatic rings. The Morgan fingerprint density at radius 1 is 1.18 bits per heavy atom. The maximum absolute atomic E-state index is 13.1. The first-order valence-electron chi connectivity index (χ1n) is 10.6. The highest BCUT2D eigenvalue weighted by molar-refractivity contribution is 7.98. The molecule has 0 saturated heterocycles. The Balaban J connectivity index is 1.64. The van der Waals surface area contributed by atoms with Crippen LogP contribution in [0.25, 0.3) is 0 Å². The number of fused-ring (bicyclic) bond motifs is 1. The number of benzene rings is 2. The molecular weight excluding hydrogens is 462 g/mol. The van der Waals surface area contributed by atoms with E-state index in [0.717, 1.165) is 17.5 Å². The summed E-state index contributed by atoms with van der Waals surface area (Å²) >= 11 is 7.57. The third kappa shape index (κ3) is 5.17. The van der Waals surface area contributed by atoms with Crippen molar-refractivity contribution in [1.29, 1.82) is 0 Å². The maximum Gasteiger partial charge on any atom is 0.257 e. The van der Waals surface area contributed by atoms with Gasteiger partial charge in [0.05, 0.1) is 19.3 Å². The van der Waals surface area contributed by atoms with Crippen LogP contribution in [0.15, 0.2) is 52.4 Å². The molecule has 1 aliphatic heterocycles. The lowest BCUT2D eigenvalue weighted by Crippen LogP contribution is -2.31. The third-order valence-corrected chi connectivity index (χ3v) is 6.59. The number of carbonyl (C=O) groups is 1. The van der Waals surface area contributed by atoms with Gasteiger partial charge >= 0.3 is 0 Å². The van der Waals surface area contributed by atoms with Crippen LogP contribution >= 0.6 is 23.4 Å². The number of hydrogen-bond donors (Lipinski definition) is 2. The van der Waals surface area contributed by atoms with E-state index in [0.29, 0.717) is 39.6 Å². The number of methoxy groups -OCH3 is 1. The molecule has 7 nitrogen and oxygen atoms in total. The molecule has 0 spiro atoms. The number of nitrogens with one attached hydrogen (secondary N) is 2. The molecule has 0 bridgehead atoms. The summed E-state index contributed by atoms with van der Waals surface area (Å²) in [6.45, 7) is 2.60. The number of hydrogen-bond acceptors (Lipinski definition) is 6. The molecule has 2 heterocycles. The molecule has 1 aliphatic rings. The Morgan fingerprint density at radius 2 is 2.00 bits per heavy atom. The minimum absolute atomic E-state index is 0.141. The molecule has 9 heteroatoms. The minimum Gasteiger partial charge on any atom is -0.493 e. The first kappa shape index (κ1) is 23.2. The van der Waals surface area contributed by atoms with E-state index < -0.39 is 5.92 Å². The standard InChI is InChI=1S/C24H24ClN3O4S/c1-3-10-32-18-9-8-14(11-19(18)31-2)16-12-20(29)26-22-21(16)23(30)28-24(27-22)33-13-15-6-4-5-7-17(15)25/h4-9,11,16H,3,10,12-13H2,1-2H3,(H2,26,27,28,29,30)/t16-/m1/s1. The lowest BCUT2D eigenvalue weighted by Gasteiger charge is -2.25. The molecule has 0 aliphatic carbocycles. The van der Waals surface area contributed by atoms with Gasteiger partial charge in [0.1, 0.15) is 5.82 Å². The van der Waals surface area contributed by atoms with Gasteiger partial charge in [-0.15, -0.1) is 0 Å². The van der Waals surface area contributed by atoms with Crippen LogP contribution in [0.2, 0.25) is 5.02 Å². The molecule has 0 unspecified atom stereocenters. The van der Waals surface area contributed by atoms with Crippen LogP contribution in [0.1, 0.15) is 42.4 Å². The fourth-order valence-corrected chi connectivity index (χ4v) is 4.84. The van der Waals surface area contributed by atoms with E-state index in [1.165, 1.54) is 11.8 Å². The number of nitrogens with zero attached hydrogens (tertiary/aromatic N) is 1. The van der Waals surface area contributed by atoms with Crippen LogP contribution < -0.4 is 20.3 Å². The minimum atomic E-state index is -0.443. The second-order valence-electron chi connectivity index (χ2n) is 7.58. The van der Waals surface area contributed by atoms with Crippen LogP contribution in [0.5, 0.6) is 11.5 Å². The highest BCUT2D eigenvalue weighted by atomic mass is 35.5. The average Bonchev–Trinajstić information content (AvgIpc) is 2.81. The molecule has 1 amide bonds. The Bertz CT molecular complexity index is 1230. The van der Waals surface area contributed by atoms with Crippen molar-refractivity contribution in [1.82, 2.24) is 9.97 Å². The van der Waals surface area contributed by atoms with Crippen molar-refractivity contribution in [2.24, 2.45) is 0 Å². The number of thioether (sulfide) groups is 1. The van der Waals surface area contributed by atoms with Crippen LogP contribution in [0.4, 0.5) is 5.82 Å². The number of aromatic amines is 1. The number of anilines is 1. The Kier molecular flexibility index (Phi) is 7.25. The lowest BCUT2D eigenvalue weighted by molar-refractivity contribution is -0.116. The number of rotatable bonds is 8. The van der Waals surface area contributed by atoms with Gasteiger partial charge in [-0.05, 0) is 35.7 Å². The third-order valence-electron chi connectivity index (χ3n) is 5.30. The van der Waals surface area contributed by atoms with E-state index in [-0.39, 0.29) is 23.7 Å². The molecule has 1 aromatic heterocycles. The van der Waals surface area contributed by atoms with Crippen molar-refractivity contribution in [2.45, 2.75) is 36.6 Å². The van der Waals surface area contributed by atoms with Crippen LogP contribution in [0, 0.1) is 0 Å². The number of H-pyrrole nitrogens is 1. The predicted octanol–water partition coefficient (Wildman–Crippen LogP) is 4.99. The van der Waals surface area contributed by atoms with E-state index in [1.807, 2.05) is 49.4 Å². The Hall–Kier alpha value is -2.97. The molecular formula is C24H24ClN3O4S. The second-order valence-corrected chi connectivity index (χ2v) is 8.95. The summed E-state index contributed by atoms with van der Waals surface area (Å²) in [4.78, 5) is 32.9. The van der Waals surface area contributed by atoms with Gasteiger partial charge in [0.15, 0.2) is 16.7 Å². The Labute approximate surface area is 200 Å². The van der Waals surface area contributed by atoms with Gasteiger partial charge in [-0.3, -0.25) is 9.59 Å². The summed E-state index contributed by atoms with van der Waals surface area (Å²) in [7, 11) is 1.57. The van der Waals surface area contributed by atoms with E-state index in [1.54, 1.807) is 7.11 Å². The average molecular weight is 486 g/mol. The molecule has 2 aromatic carbocycles. The summed E-state index contributed by atoms with van der Waals surface area (Å²) in [5, 5.41) is 3.82. The topological polar surface area (TPSA) is 93.3 Å². The van der Waals surface area contributed by atoms with E-state index in [9.17, 15) is 9.59 Å². The number of ether oxygens (including phenoxy) is 2. The van der Waals surface area contributed by atoms with Gasteiger partial charge in [0.25, 0.3) is 5.56 Å². The highest BCUT2D eigenvalue weighted by Gasteiger charge is 2.31. The van der Waals surface area contributed by atoms with Crippen molar-refractivity contribution >= 4 is 35.1 Å². The SMILES string of the molecule is CCCOc1ccc([C@H]2CC(=O)Nc3nc(SCc4ccccc4Cl)[nH]c(=O)c32)cc1OC. The zero-order chi connectivity index (χ0) is 23.4. The van der Waals surface area contributed by atoms with E-state index >= 15 is 0 Å². The van der Waals surface area contributed by atoms with Crippen LogP contribution in [-0.2, 0) is 10.5 Å². The molecule has 4 rings (SSSR count). The number of carbonyl (C=O) groups excluding carboxylic acids is 1. The maximum atomic E-state index is 13.1. The first-order valence-corrected chi connectivity index (χ1v) is 12.0. The molecule has 33 heavy (non-hydrogen) atoms. The summed E-state index contributed by atoms with van der Waals surface area (Å²) in [6.07, 6.45) is 1.02. The van der Waals surface area contributed by atoms with Crippen molar-refractivity contribution in [2.75, 3.05) is 19.0 Å². The fraction of sp³-hybridized carbons (Fsp3) is 0.292. The predicted molar refractivity (Wildman–Crippen MR) is 130 cm³/mol. The number of halogens is 1. The summed E-state index contributed by atoms with van der Waals surface area (Å²) in [6, 6.07) is 13.0. The largest absolute Gasteiger partial charge is 0.493 e. The molecule has 0 fully saturated rings. The van der Waals surface area contributed by atoms with Crippen molar-refractivity contribution < 1.29 is 14.3 Å². The molecule has 0 saturated carbocycles. The summed E-state index contributed by atoms with van der Waals surface area (Å²) in [5.41, 5.74) is 1.87.